The summed E-state index contributed by atoms with van der Waals surface area (Å²) in [7, 11) is 0. The molecule has 2 aromatic rings. The van der Waals surface area contributed by atoms with E-state index in [9.17, 15) is 18.7 Å². The first-order chi connectivity index (χ1) is 8.99. The minimum atomic E-state index is -0.857. The zero-order valence-electron chi connectivity index (χ0n) is 9.45. The van der Waals surface area contributed by atoms with Gasteiger partial charge in [-0.1, -0.05) is 17.7 Å². The van der Waals surface area contributed by atoms with Crippen molar-refractivity contribution < 1.29 is 18.7 Å². The highest BCUT2D eigenvalue weighted by molar-refractivity contribution is 6.34. The van der Waals surface area contributed by atoms with Gasteiger partial charge < -0.3 is 10.4 Å². The lowest BCUT2D eigenvalue weighted by atomic mass is 10.1. The van der Waals surface area contributed by atoms with Gasteiger partial charge in [-0.05, 0) is 30.3 Å². The maximum Gasteiger partial charge on any atom is 0.259 e. The molecule has 6 heteroatoms. The zero-order valence-corrected chi connectivity index (χ0v) is 10.2. The third-order valence-corrected chi connectivity index (χ3v) is 2.72. The van der Waals surface area contributed by atoms with Crippen molar-refractivity contribution >= 4 is 23.2 Å². The predicted octanol–water partition coefficient (Wildman–Crippen LogP) is 3.58. The Balaban J connectivity index is 2.34. The number of amides is 1. The molecule has 98 valence electrons. The third kappa shape index (κ3) is 2.82. The Morgan fingerprint density at radius 2 is 1.95 bits per heavy atom. The van der Waals surface area contributed by atoms with E-state index in [1.807, 2.05) is 0 Å². The number of aromatic hydroxyl groups is 1. The average molecular weight is 284 g/mol. The second-order valence-electron chi connectivity index (χ2n) is 3.71. The molecule has 2 N–H and O–H groups in total. The van der Waals surface area contributed by atoms with Crippen molar-refractivity contribution in [2.75, 3.05) is 5.32 Å². The molecule has 0 atom stereocenters. The zero-order chi connectivity index (χ0) is 14.0. The fourth-order valence-corrected chi connectivity index (χ4v) is 1.70. The first-order valence-electron chi connectivity index (χ1n) is 5.23. The van der Waals surface area contributed by atoms with Gasteiger partial charge in [0.15, 0.2) is 0 Å². The van der Waals surface area contributed by atoms with Crippen molar-refractivity contribution in [2.45, 2.75) is 0 Å². The van der Waals surface area contributed by atoms with Crippen molar-refractivity contribution in [3.05, 3.63) is 58.6 Å². The van der Waals surface area contributed by atoms with E-state index in [1.165, 1.54) is 12.1 Å². The number of anilines is 1. The molecule has 0 heterocycles. The molecule has 0 bridgehead atoms. The number of para-hydroxylation sites is 1. The topological polar surface area (TPSA) is 49.3 Å². The van der Waals surface area contributed by atoms with Crippen molar-refractivity contribution in [3.63, 3.8) is 0 Å². The van der Waals surface area contributed by atoms with Gasteiger partial charge in [0.2, 0.25) is 0 Å². The van der Waals surface area contributed by atoms with Crippen LogP contribution < -0.4 is 5.32 Å². The van der Waals surface area contributed by atoms with Crippen molar-refractivity contribution in [3.8, 4) is 5.75 Å². The SMILES string of the molecule is O=C(Nc1c(F)cccc1Cl)c1cc(F)ccc1O. The summed E-state index contributed by atoms with van der Waals surface area (Å²) in [5.41, 5.74) is -0.530. The minimum absolute atomic E-state index is 0.00393. The average Bonchev–Trinajstić information content (AvgIpc) is 2.37. The Labute approximate surface area is 112 Å². The highest BCUT2D eigenvalue weighted by Gasteiger charge is 2.16. The number of hydrogen-bond donors (Lipinski definition) is 2. The summed E-state index contributed by atoms with van der Waals surface area (Å²) < 4.78 is 26.5. The summed E-state index contributed by atoms with van der Waals surface area (Å²) in [4.78, 5) is 11.8. The van der Waals surface area contributed by atoms with E-state index in [4.69, 9.17) is 11.6 Å². The lowest BCUT2D eigenvalue weighted by Crippen LogP contribution is -2.14. The molecule has 0 unspecified atom stereocenters. The Morgan fingerprint density at radius 3 is 2.63 bits per heavy atom. The summed E-state index contributed by atoms with van der Waals surface area (Å²) in [6, 6.07) is 6.78. The Kier molecular flexibility index (Phi) is 3.66. The minimum Gasteiger partial charge on any atom is -0.507 e. The van der Waals surface area contributed by atoms with Crippen LogP contribution in [0.4, 0.5) is 14.5 Å². The maximum atomic E-state index is 13.5. The number of benzene rings is 2. The normalized spacial score (nSPS) is 10.3. The van der Waals surface area contributed by atoms with Crippen LogP contribution in [0.2, 0.25) is 5.02 Å². The molecular weight excluding hydrogens is 276 g/mol. The fourth-order valence-electron chi connectivity index (χ4n) is 1.49. The van der Waals surface area contributed by atoms with Crippen molar-refractivity contribution in [2.24, 2.45) is 0 Å². The number of hydrogen-bond acceptors (Lipinski definition) is 2. The number of carbonyl (C=O) groups is 1. The van der Waals surface area contributed by atoms with Gasteiger partial charge in [-0.15, -0.1) is 0 Å². The molecule has 0 spiro atoms. The second-order valence-corrected chi connectivity index (χ2v) is 4.12. The molecule has 0 aliphatic heterocycles. The van der Waals surface area contributed by atoms with Gasteiger partial charge in [0.25, 0.3) is 5.91 Å². The first kappa shape index (κ1) is 13.3. The van der Waals surface area contributed by atoms with Gasteiger partial charge in [-0.3, -0.25) is 4.79 Å². The van der Waals surface area contributed by atoms with Crippen LogP contribution in [0.15, 0.2) is 36.4 Å². The number of halogens is 3. The van der Waals surface area contributed by atoms with E-state index in [-0.39, 0.29) is 16.3 Å². The van der Waals surface area contributed by atoms with Crippen LogP contribution >= 0.6 is 11.6 Å². The van der Waals surface area contributed by atoms with Gasteiger partial charge >= 0.3 is 0 Å². The molecule has 0 aliphatic carbocycles. The summed E-state index contributed by atoms with van der Waals surface area (Å²) >= 11 is 5.74. The van der Waals surface area contributed by atoms with Crippen LogP contribution in [0.5, 0.6) is 5.75 Å². The standard InChI is InChI=1S/C13H8ClF2NO2/c14-9-2-1-3-10(16)12(9)17-13(19)8-6-7(15)4-5-11(8)18/h1-6,18H,(H,17,19). The summed E-state index contributed by atoms with van der Waals surface area (Å²) in [6.45, 7) is 0. The van der Waals surface area contributed by atoms with Gasteiger partial charge in [-0.2, -0.15) is 0 Å². The Bertz CT molecular complexity index is 626. The third-order valence-electron chi connectivity index (χ3n) is 2.40. The van der Waals surface area contributed by atoms with Crippen molar-refractivity contribution in [1.29, 1.82) is 0 Å². The van der Waals surface area contributed by atoms with Crippen molar-refractivity contribution in [1.82, 2.24) is 0 Å². The van der Waals surface area contributed by atoms with E-state index >= 15 is 0 Å². The lowest BCUT2D eigenvalue weighted by molar-refractivity contribution is 0.102. The number of nitrogens with one attached hydrogen (secondary N) is 1. The van der Waals surface area contributed by atoms with Crippen LogP contribution in [-0.2, 0) is 0 Å². The number of carbonyl (C=O) groups excluding carboxylic acids is 1. The van der Waals surface area contributed by atoms with Crippen LogP contribution in [0, 0.1) is 11.6 Å². The van der Waals surface area contributed by atoms with Gasteiger partial charge in [0, 0.05) is 0 Å². The molecule has 0 saturated carbocycles. The molecule has 0 radical (unpaired) electrons. The van der Waals surface area contributed by atoms with Gasteiger partial charge in [0.05, 0.1) is 16.3 Å². The fraction of sp³-hybridized carbons (Fsp3) is 0. The van der Waals surface area contributed by atoms with E-state index in [1.54, 1.807) is 0 Å². The Hall–Kier alpha value is -2.14. The first-order valence-corrected chi connectivity index (χ1v) is 5.60. The summed E-state index contributed by atoms with van der Waals surface area (Å²) in [5, 5.41) is 11.7. The molecule has 3 nitrogen and oxygen atoms in total. The van der Waals surface area contributed by atoms with Gasteiger partial charge in [0.1, 0.15) is 17.4 Å². The van der Waals surface area contributed by atoms with Crippen LogP contribution in [0.1, 0.15) is 10.4 Å². The highest BCUT2D eigenvalue weighted by Crippen LogP contribution is 2.26. The predicted molar refractivity (Wildman–Crippen MR) is 67.4 cm³/mol. The van der Waals surface area contributed by atoms with E-state index < -0.39 is 23.3 Å². The summed E-state index contributed by atoms with van der Waals surface area (Å²) in [5.74, 6) is -2.69. The second kappa shape index (κ2) is 5.24. The lowest BCUT2D eigenvalue weighted by Gasteiger charge is -2.09. The molecule has 1 amide bonds. The van der Waals surface area contributed by atoms with E-state index in [0.717, 1.165) is 24.3 Å². The van der Waals surface area contributed by atoms with Gasteiger partial charge in [-0.25, -0.2) is 8.78 Å². The number of rotatable bonds is 2. The number of phenols is 1. The highest BCUT2D eigenvalue weighted by atomic mass is 35.5. The monoisotopic (exact) mass is 283 g/mol. The quantitative estimate of drug-likeness (QED) is 0.885. The molecular formula is C13H8ClF2NO2. The van der Waals surface area contributed by atoms with Crippen LogP contribution in [0.3, 0.4) is 0 Å². The molecule has 0 aromatic heterocycles. The Morgan fingerprint density at radius 1 is 1.21 bits per heavy atom. The summed E-state index contributed by atoms with van der Waals surface area (Å²) in [6.07, 6.45) is 0. The van der Waals surface area contributed by atoms with E-state index in [2.05, 4.69) is 5.32 Å². The van der Waals surface area contributed by atoms with Crippen LogP contribution in [-0.4, -0.2) is 11.0 Å². The molecule has 0 aliphatic rings. The largest absolute Gasteiger partial charge is 0.507 e. The van der Waals surface area contributed by atoms with E-state index in [0.29, 0.717) is 0 Å². The molecule has 2 rings (SSSR count). The maximum absolute atomic E-state index is 13.5. The van der Waals surface area contributed by atoms with Crippen LogP contribution in [0.25, 0.3) is 0 Å². The smallest absolute Gasteiger partial charge is 0.259 e. The molecule has 0 saturated heterocycles. The molecule has 0 fully saturated rings. The molecule has 2 aromatic carbocycles. The number of phenolic OH excluding ortho intramolecular Hbond substituents is 1. The molecule has 19 heavy (non-hydrogen) atoms.